The second-order valence-corrected chi connectivity index (χ2v) is 5.98. The highest BCUT2D eigenvalue weighted by Gasteiger charge is 2.10. The zero-order valence-electron chi connectivity index (χ0n) is 14.3. The van der Waals surface area contributed by atoms with Gasteiger partial charge in [-0.25, -0.2) is 0 Å². The molecule has 1 atom stereocenters. The first-order valence-electron chi connectivity index (χ1n) is 7.99. The minimum absolute atomic E-state index is 0.0256. The van der Waals surface area contributed by atoms with E-state index in [0.717, 1.165) is 23.3 Å². The smallest absolute Gasteiger partial charge is 0.220 e. The molecule has 0 aliphatic carbocycles. The summed E-state index contributed by atoms with van der Waals surface area (Å²) in [6, 6.07) is 14.2. The Morgan fingerprint density at radius 3 is 2.39 bits per heavy atom. The van der Waals surface area contributed by atoms with Gasteiger partial charge in [0.25, 0.3) is 0 Å². The van der Waals surface area contributed by atoms with Crippen molar-refractivity contribution in [2.75, 3.05) is 7.11 Å². The van der Waals surface area contributed by atoms with Crippen molar-refractivity contribution in [3.8, 4) is 5.75 Å². The fourth-order valence-electron chi connectivity index (χ4n) is 2.48. The monoisotopic (exact) mass is 311 g/mol. The third-order valence-electron chi connectivity index (χ3n) is 4.21. The van der Waals surface area contributed by atoms with Crippen LogP contribution in [0, 0.1) is 13.8 Å². The van der Waals surface area contributed by atoms with Crippen molar-refractivity contribution in [2.24, 2.45) is 0 Å². The predicted molar refractivity (Wildman–Crippen MR) is 93.8 cm³/mol. The lowest BCUT2D eigenvalue weighted by atomic mass is 10.0. The molecule has 0 saturated carbocycles. The average Bonchev–Trinajstić information content (AvgIpc) is 2.55. The first-order valence-corrected chi connectivity index (χ1v) is 7.99. The molecule has 3 heteroatoms. The van der Waals surface area contributed by atoms with Crippen molar-refractivity contribution >= 4 is 5.91 Å². The summed E-state index contributed by atoms with van der Waals surface area (Å²) >= 11 is 0. The quantitative estimate of drug-likeness (QED) is 0.871. The number of carbonyl (C=O) groups excluding carboxylic acids is 1. The molecule has 2 aromatic rings. The maximum absolute atomic E-state index is 12.1. The molecule has 23 heavy (non-hydrogen) atoms. The molecule has 0 unspecified atom stereocenters. The second kappa shape index (κ2) is 7.82. The highest BCUT2D eigenvalue weighted by Crippen LogP contribution is 2.17. The number of rotatable bonds is 6. The highest BCUT2D eigenvalue weighted by atomic mass is 16.5. The van der Waals surface area contributed by atoms with E-state index in [4.69, 9.17) is 4.74 Å². The van der Waals surface area contributed by atoms with Crippen LogP contribution in [0.2, 0.25) is 0 Å². The second-order valence-electron chi connectivity index (χ2n) is 5.98. The van der Waals surface area contributed by atoms with Gasteiger partial charge in [-0.2, -0.15) is 0 Å². The van der Waals surface area contributed by atoms with Crippen LogP contribution < -0.4 is 10.1 Å². The molecule has 0 spiro atoms. The summed E-state index contributed by atoms with van der Waals surface area (Å²) in [6.45, 7) is 6.21. The van der Waals surface area contributed by atoms with Gasteiger partial charge in [0.05, 0.1) is 13.2 Å². The molecule has 2 rings (SSSR count). The Kier molecular flexibility index (Phi) is 5.80. The number of hydrogen-bond acceptors (Lipinski definition) is 2. The lowest BCUT2D eigenvalue weighted by molar-refractivity contribution is -0.121. The number of ether oxygens (including phenoxy) is 1. The van der Waals surface area contributed by atoms with E-state index in [1.165, 1.54) is 11.1 Å². The van der Waals surface area contributed by atoms with E-state index in [1.807, 2.05) is 31.2 Å². The van der Waals surface area contributed by atoms with Crippen LogP contribution in [0.1, 0.15) is 41.6 Å². The summed E-state index contributed by atoms with van der Waals surface area (Å²) < 4.78 is 5.14. The van der Waals surface area contributed by atoms with Crippen LogP contribution in [0.4, 0.5) is 0 Å². The molecule has 0 saturated heterocycles. The van der Waals surface area contributed by atoms with Gasteiger partial charge in [-0.3, -0.25) is 4.79 Å². The average molecular weight is 311 g/mol. The van der Waals surface area contributed by atoms with Gasteiger partial charge in [-0.15, -0.1) is 0 Å². The van der Waals surface area contributed by atoms with Crippen LogP contribution >= 0.6 is 0 Å². The van der Waals surface area contributed by atoms with E-state index in [-0.39, 0.29) is 11.9 Å². The number of amides is 1. The lowest BCUT2D eigenvalue weighted by Gasteiger charge is -2.16. The molecule has 1 N–H and O–H groups in total. The molecule has 2 aromatic carbocycles. The molecular weight excluding hydrogens is 286 g/mol. The molecule has 0 aliphatic heterocycles. The molecule has 0 radical (unpaired) electrons. The summed E-state index contributed by atoms with van der Waals surface area (Å²) in [5.74, 6) is 0.910. The van der Waals surface area contributed by atoms with E-state index in [9.17, 15) is 4.79 Å². The van der Waals surface area contributed by atoms with Gasteiger partial charge in [0.1, 0.15) is 5.75 Å². The maximum Gasteiger partial charge on any atom is 0.220 e. The molecule has 3 nitrogen and oxygen atoms in total. The minimum atomic E-state index is 0.0256. The van der Waals surface area contributed by atoms with E-state index in [0.29, 0.717) is 6.42 Å². The van der Waals surface area contributed by atoms with E-state index >= 15 is 0 Å². The molecule has 0 bridgehead atoms. The molecule has 0 aliphatic rings. The topological polar surface area (TPSA) is 38.3 Å². The van der Waals surface area contributed by atoms with Crippen molar-refractivity contribution in [3.63, 3.8) is 0 Å². The third kappa shape index (κ3) is 4.85. The van der Waals surface area contributed by atoms with E-state index < -0.39 is 0 Å². The summed E-state index contributed by atoms with van der Waals surface area (Å²) in [6.07, 6.45) is 1.22. The van der Waals surface area contributed by atoms with Crippen molar-refractivity contribution in [3.05, 3.63) is 64.7 Å². The SMILES string of the molecule is COc1ccc(CCC(=O)N[C@@H](C)c2ccc(C)c(C)c2)cc1. The maximum atomic E-state index is 12.1. The molecule has 1 amide bonds. The number of hydrogen-bond donors (Lipinski definition) is 1. The first kappa shape index (κ1) is 17.1. The van der Waals surface area contributed by atoms with Gasteiger partial charge in [0, 0.05) is 6.42 Å². The van der Waals surface area contributed by atoms with Crippen LogP contribution in [0.5, 0.6) is 5.75 Å². The summed E-state index contributed by atoms with van der Waals surface area (Å²) in [5, 5.41) is 3.07. The van der Waals surface area contributed by atoms with Gasteiger partial charge in [-0.1, -0.05) is 30.3 Å². The summed E-state index contributed by atoms with van der Waals surface area (Å²) in [5.41, 5.74) is 4.80. The Labute approximate surface area is 138 Å². The van der Waals surface area contributed by atoms with Crippen LogP contribution in [0.3, 0.4) is 0 Å². The minimum Gasteiger partial charge on any atom is -0.497 e. The molecule has 0 fully saturated rings. The van der Waals surface area contributed by atoms with Crippen molar-refractivity contribution in [2.45, 2.75) is 39.7 Å². The predicted octanol–water partition coefficient (Wildman–Crippen LogP) is 4.12. The van der Waals surface area contributed by atoms with E-state index in [1.54, 1.807) is 7.11 Å². The fourth-order valence-corrected chi connectivity index (χ4v) is 2.48. The Morgan fingerprint density at radius 1 is 1.09 bits per heavy atom. The zero-order chi connectivity index (χ0) is 16.8. The fraction of sp³-hybridized carbons (Fsp3) is 0.350. The van der Waals surface area contributed by atoms with Crippen molar-refractivity contribution in [1.29, 1.82) is 0 Å². The number of methoxy groups -OCH3 is 1. The highest BCUT2D eigenvalue weighted by molar-refractivity contribution is 5.76. The molecule has 122 valence electrons. The molecule has 0 heterocycles. The number of aryl methyl sites for hydroxylation is 3. The van der Waals surface area contributed by atoms with Gasteiger partial charge >= 0.3 is 0 Å². The first-order chi connectivity index (χ1) is 11.0. The van der Waals surface area contributed by atoms with E-state index in [2.05, 4.69) is 37.4 Å². The Bertz CT molecular complexity index is 662. The Balaban J connectivity index is 1.86. The Morgan fingerprint density at radius 2 is 1.78 bits per heavy atom. The van der Waals surface area contributed by atoms with Crippen molar-refractivity contribution < 1.29 is 9.53 Å². The van der Waals surface area contributed by atoms with Gasteiger partial charge in [0.2, 0.25) is 5.91 Å². The summed E-state index contributed by atoms with van der Waals surface area (Å²) in [7, 11) is 1.65. The number of nitrogens with one attached hydrogen (secondary N) is 1. The van der Waals surface area contributed by atoms with Crippen LogP contribution in [0.15, 0.2) is 42.5 Å². The summed E-state index contributed by atoms with van der Waals surface area (Å²) in [4.78, 5) is 12.1. The van der Waals surface area contributed by atoms with Gasteiger partial charge in [0.15, 0.2) is 0 Å². The third-order valence-corrected chi connectivity index (χ3v) is 4.21. The largest absolute Gasteiger partial charge is 0.497 e. The lowest BCUT2D eigenvalue weighted by Crippen LogP contribution is -2.26. The normalized spacial score (nSPS) is 11.8. The standard InChI is InChI=1S/C20H25NO2/c1-14-5-9-18(13-15(14)2)16(3)21-20(22)12-8-17-6-10-19(23-4)11-7-17/h5-7,9-11,13,16H,8,12H2,1-4H3,(H,21,22)/t16-/m0/s1. The van der Waals surface area contributed by atoms with Crippen molar-refractivity contribution in [1.82, 2.24) is 5.32 Å². The molecular formula is C20H25NO2. The number of carbonyl (C=O) groups is 1. The molecule has 0 aromatic heterocycles. The van der Waals surface area contributed by atoms with Crippen LogP contribution in [0.25, 0.3) is 0 Å². The zero-order valence-corrected chi connectivity index (χ0v) is 14.3. The van der Waals surface area contributed by atoms with Gasteiger partial charge in [-0.05, 0) is 61.6 Å². The van der Waals surface area contributed by atoms with Gasteiger partial charge < -0.3 is 10.1 Å². The number of benzene rings is 2. The Hall–Kier alpha value is -2.29. The van der Waals surface area contributed by atoms with Crippen LogP contribution in [-0.2, 0) is 11.2 Å². The van der Waals surface area contributed by atoms with Crippen LogP contribution in [-0.4, -0.2) is 13.0 Å².